The van der Waals surface area contributed by atoms with Gasteiger partial charge in [-0.3, -0.25) is 9.59 Å². The molecule has 3 aromatic carbocycles. The van der Waals surface area contributed by atoms with Crippen LogP contribution in [0.4, 0.5) is 0 Å². The fourth-order valence-corrected chi connectivity index (χ4v) is 2.79. The second-order valence-corrected chi connectivity index (χ2v) is 6.41. The second kappa shape index (κ2) is 8.97. The minimum absolute atomic E-state index is 0.131. The minimum atomic E-state index is -0.943. The van der Waals surface area contributed by atoms with Crippen molar-refractivity contribution in [3.8, 4) is 5.75 Å². The van der Waals surface area contributed by atoms with Gasteiger partial charge >= 0.3 is 5.97 Å². The fraction of sp³-hybridized carbons (Fsp3) is 0.125. The van der Waals surface area contributed by atoms with Gasteiger partial charge in [0.2, 0.25) is 5.78 Å². The van der Waals surface area contributed by atoms with Crippen molar-refractivity contribution in [2.75, 3.05) is 7.11 Å². The van der Waals surface area contributed by atoms with Gasteiger partial charge in [-0.2, -0.15) is 0 Å². The lowest BCUT2D eigenvalue weighted by atomic mass is 10.0. The molecule has 0 saturated carbocycles. The molecule has 3 aromatic rings. The normalized spacial score (nSPS) is 11.4. The number of esters is 1. The summed E-state index contributed by atoms with van der Waals surface area (Å²) in [5.74, 6) is -0.431. The molecule has 0 aliphatic carbocycles. The Balaban J connectivity index is 1.65. The summed E-state index contributed by atoms with van der Waals surface area (Å²) in [6.07, 6.45) is -0.943. The number of hydrogen-bond donors (Lipinski definition) is 0. The predicted octanol–water partition coefficient (Wildman–Crippen LogP) is 4.35. The molecule has 0 N–H and O–H groups in total. The maximum atomic E-state index is 12.4. The number of Topliss-reactive ketones (excluding diaryl/α,β-unsaturated/α-hetero) is 1. The molecule has 0 aliphatic rings. The summed E-state index contributed by atoms with van der Waals surface area (Å²) in [6.45, 7) is 1.53. The lowest BCUT2D eigenvalue weighted by Crippen LogP contribution is -2.24. The number of rotatable bonds is 7. The van der Waals surface area contributed by atoms with E-state index in [4.69, 9.17) is 9.47 Å². The van der Waals surface area contributed by atoms with Gasteiger partial charge in [-0.1, -0.05) is 42.5 Å². The third kappa shape index (κ3) is 4.76. The van der Waals surface area contributed by atoms with Crippen LogP contribution >= 0.6 is 0 Å². The first-order chi connectivity index (χ1) is 14.0. The summed E-state index contributed by atoms with van der Waals surface area (Å²) in [5, 5.41) is 0. The highest BCUT2D eigenvalue weighted by molar-refractivity contribution is 6.09. The molecule has 5 heteroatoms. The Morgan fingerprint density at radius 3 is 1.79 bits per heavy atom. The average Bonchev–Trinajstić information content (AvgIpc) is 2.78. The van der Waals surface area contributed by atoms with Crippen molar-refractivity contribution in [1.82, 2.24) is 0 Å². The molecular formula is C24H20O5. The van der Waals surface area contributed by atoms with E-state index in [1.807, 2.05) is 6.07 Å². The van der Waals surface area contributed by atoms with Crippen LogP contribution in [0.15, 0.2) is 78.9 Å². The molecule has 3 rings (SSSR count). The third-order valence-corrected chi connectivity index (χ3v) is 4.45. The maximum absolute atomic E-state index is 12.4. The summed E-state index contributed by atoms with van der Waals surface area (Å²) >= 11 is 0. The van der Waals surface area contributed by atoms with Crippen molar-refractivity contribution < 1.29 is 23.9 Å². The van der Waals surface area contributed by atoms with E-state index in [1.54, 1.807) is 67.8 Å². The van der Waals surface area contributed by atoms with Crippen LogP contribution in [0.25, 0.3) is 0 Å². The van der Waals surface area contributed by atoms with Gasteiger partial charge in [-0.25, -0.2) is 4.79 Å². The Kier molecular flexibility index (Phi) is 6.19. The number of carbonyl (C=O) groups excluding carboxylic acids is 3. The van der Waals surface area contributed by atoms with E-state index < -0.39 is 12.1 Å². The van der Waals surface area contributed by atoms with E-state index in [-0.39, 0.29) is 17.1 Å². The van der Waals surface area contributed by atoms with Gasteiger partial charge < -0.3 is 9.47 Å². The molecule has 0 unspecified atom stereocenters. The summed E-state index contributed by atoms with van der Waals surface area (Å²) in [6, 6.07) is 21.6. The quantitative estimate of drug-likeness (QED) is 0.444. The van der Waals surface area contributed by atoms with E-state index in [0.29, 0.717) is 22.4 Å². The number of ether oxygens (including phenoxy) is 2. The monoisotopic (exact) mass is 388 g/mol. The standard InChI is InChI=1S/C24H20O5/c1-16(22(25)18-12-14-21(28-2)15-13-18)29-24(27)20-10-8-19(9-11-20)23(26)17-6-4-3-5-7-17/h3-16H,1-2H3/t16-/m1/s1. The molecule has 0 fully saturated rings. The van der Waals surface area contributed by atoms with Crippen LogP contribution in [-0.2, 0) is 4.74 Å². The average molecular weight is 388 g/mol. The molecule has 0 saturated heterocycles. The number of carbonyl (C=O) groups is 3. The summed E-state index contributed by atoms with van der Waals surface area (Å²) < 4.78 is 10.4. The van der Waals surface area contributed by atoms with E-state index in [1.165, 1.54) is 19.1 Å². The zero-order chi connectivity index (χ0) is 20.8. The molecule has 0 aromatic heterocycles. The van der Waals surface area contributed by atoms with E-state index in [0.717, 1.165) is 0 Å². The van der Waals surface area contributed by atoms with Crippen molar-refractivity contribution in [1.29, 1.82) is 0 Å². The van der Waals surface area contributed by atoms with Gasteiger partial charge in [-0.05, 0) is 43.3 Å². The Morgan fingerprint density at radius 1 is 0.690 bits per heavy atom. The topological polar surface area (TPSA) is 69.7 Å². The number of benzene rings is 3. The van der Waals surface area contributed by atoms with Crippen LogP contribution in [-0.4, -0.2) is 30.7 Å². The molecule has 146 valence electrons. The first-order valence-electron chi connectivity index (χ1n) is 9.08. The molecular weight excluding hydrogens is 368 g/mol. The highest BCUT2D eigenvalue weighted by Crippen LogP contribution is 2.16. The Hall–Kier alpha value is -3.73. The predicted molar refractivity (Wildman–Crippen MR) is 109 cm³/mol. The van der Waals surface area contributed by atoms with Gasteiger partial charge in [0.05, 0.1) is 12.7 Å². The molecule has 0 heterocycles. The van der Waals surface area contributed by atoms with Crippen LogP contribution in [0, 0.1) is 0 Å². The lowest BCUT2D eigenvalue weighted by Gasteiger charge is -2.13. The third-order valence-electron chi connectivity index (χ3n) is 4.45. The first-order valence-corrected chi connectivity index (χ1v) is 9.08. The molecule has 0 radical (unpaired) electrons. The van der Waals surface area contributed by atoms with Crippen LogP contribution < -0.4 is 4.74 Å². The van der Waals surface area contributed by atoms with Crippen molar-refractivity contribution in [3.63, 3.8) is 0 Å². The van der Waals surface area contributed by atoms with Crippen LogP contribution in [0.1, 0.15) is 43.6 Å². The van der Waals surface area contributed by atoms with E-state index in [2.05, 4.69) is 0 Å². The lowest BCUT2D eigenvalue weighted by molar-refractivity contribution is 0.0318. The molecule has 0 spiro atoms. The zero-order valence-electron chi connectivity index (χ0n) is 16.1. The number of methoxy groups -OCH3 is 1. The van der Waals surface area contributed by atoms with Crippen LogP contribution in [0.5, 0.6) is 5.75 Å². The number of ketones is 2. The molecule has 1 atom stereocenters. The molecule has 0 aliphatic heterocycles. The zero-order valence-corrected chi connectivity index (χ0v) is 16.1. The van der Waals surface area contributed by atoms with Crippen molar-refractivity contribution in [2.24, 2.45) is 0 Å². The largest absolute Gasteiger partial charge is 0.497 e. The van der Waals surface area contributed by atoms with Gasteiger partial charge in [-0.15, -0.1) is 0 Å². The van der Waals surface area contributed by atoms with Crippen molar-refractivity contribution in [2.45, 2.75) is 13.0 Å². The summed E-state index contributed by atoms with van der Waals surface area (Å²) in [7, 11) is 1.54. The molecule has 5 nitrogen and oxygen atoms in total. The van der Waals surface area contributed by atoms with Gasteiger partial charge in [0.15, 0.2) is 11.9 Å². The second-order valence-electron chi connectivity index (χ2n) is 6.41. The maximum Gasteiger partial charge on any atom is 0.338 e. The van der Waals surface area contributed by atoms with Crippen molar-refractivity contribution in [3.05, 3.63) is 101 Å². The Labute approximate surface area is 168 Å². The molecule has 29 heavy (non-hydrogen) atoms. The van der Waals surface area contributed by atoms with Gasteiger partial charge in [0, 0.05) is 16.7 Å². The van der Waals surface area contributed by atoms with Crippen LogP contribution in [0.3, 0.4) is 0 Å². The number of hydrogen-bond acceptors (Lipinski definition) is 5. The summed E-state index contributed by atoms with van der Waals surface area (Å²) in [5.41, 5.74) is 1.73. The van der Waals surface area contributed by atoms with Gasteiger partial charge in [0.1, 0.15) is 5.75 Å². The molecule has 0 amide bonds. The highest BCUT2D eigenvalue weighted by Gasteiger charge is 2.21. The Bertz CT molecular complexity index is 1010. The van der Waals surface area contributed by atoms with Crippen LogP contribution in [0.2, 0.25) is 0 Å². The fourth-order valence-electron chi connectivity index (χ4n) is 2.79. The minimum Gasteiger partial charge on any atom is -0.497 e. The SMILES string of the molecule is COc1ccc(C(=O)[C@@H](C)OC(=O)c2ccc(C(=O)c3ccccc3)cc2)cc1. The highest BCUT2D eigenvalue weighted by atomic mass is 16.5. The first kappa shape index (κ1) is 20.0. The smallest absolute Gasteiger partial charge is 0.338 e. The molecule has 0 bridgehead atoms. The van der Waals surface area contributed by atoms with E-state index in [9.17, 15) is 14.4 Å². The van der Waals surface area contributed by atoms with Gasteiger partial charge in [0.25, 0.3) is 0 Å². The van der Waals surface area contributed by atoms with E-state index >= 15 is 0 Å². The Morgan fingerprint density at radius 2 is 1.21 bits per heavy atom. The van der Waals surface area contributed by atoms with Crippen molar-refractivity contribution >= 4 is 17.5 Å². The summed E-state index contributed by atoms with van der Waals surface area (Å²) in [4.78, 5) is 37.2.